The van der Waals surface area contributed by atoms with Gasteiger partial charge in [0.1, 0.15) is 0 Å². The number of anilines is 1. The summed E-state index contributed by atoms with van der Waals surface area (Å²) in [7, 11) is 1.97. The van der Waals surface area contributed by atoms with Gasteiger partial charge in [-0.1, -0.05) is 23.7 Å². The Morgan fingerprint density at radius 2 is 2.18 bits per heavy atom. The van der Waals surface area contributed by atoms with E-state index in [1.165, 1.54) is 24.1 Å². The first-order chi connectivity index (χ1) is 8.26. The van der Waals surface area contributed by atoms with Crippen LogP contribution in [0.1, 0.15) is 25.3 Å². The maximum absolute atomic E-state index is 6.37. The summed E-state index contributed by atoms with van der Waals surface area (Å²) in [6, 6.07) is 6.18. The van der Waals surface area contributed by atoms with Crippen LogP contribution >= 0.6 is 11.6 Å². The summed E-state index contributed by atoms with van der Waals surface area (Å²) in [5.41, 5.74) is 2.51. The molecule has 1 aromatic carbocycles. The Hall–Kier alpha value is -0.730. The fourth-order valence-corrected chi connectivity index (χ4v) is 2.55. The summed E-state index contributed by atoms with van der Waals surface area (Å²) in [6.07, 6.45) is 2.75. The average Bonchev–Trinajstić information content (AvgIpc) is 3.11. The number of hydrogen-bond donors (Lipinski definition) is 1. The first-order valence-corrected chi connectivity index (χ1v) is 6.81. The number of para-hydroxylation sites is 1. The zero-order valence-electron chi connectivity index (χ0n) is 10.7. The average molecular weight is 253 g/mol. The van der Waals surface area contributed by atoms with Gasteiger partial charge in [0.05, 0.1) is 10.7 Å². The predicted molar refractivity (Wildman–Crippen MR) is 74.8 cm³/mol. The Morgan fingerprint density at radius 3 is 2.76 bits per heavy atom. The van der Waals surface area contributed by atoms with Crippen LogP contribution in [0.3, 0.4) is 0 Å². The first kappa shape index (κ1) is 12.7. The maximum atomic E-state index is 6.37. The van der Waals surface area contributed by atoms with E-state index in [2.05, 4.69) is 23.2 Å². The van der Waals surface area contributed by atoms with Crippen molar-refractivity contribution >= 4 is 17.3 Å². The first-order valence-electron chi connectivity index (χ1n) is 6.43. The highest BCUT2D eigenvalue weighted by atomic mass is 35.5. The van der Waals surface area contributed by atoms with Crippen LogP contribution in [0.5, 0.6) is 0 Å². The number of hydrogen-bond acceptors (Lipinski definition) is 2. The highest BCUT2D eigenvalue weighted by Gasteiger charge is 2.25. The highest BCUT2D eigenvalue weighted by Crippen LogP contribution is 2.35. The highest BCUT2D eigenvalue weighted by molar-refractivity contribution is 6.33. The molecule has 0 saturated heterocycles. The predicted octanol–water partition coefficient (Wildman–Crippen LogP) is 3.30. The second-order valence-corrected chi connectivity index (χ2v) is 5.17. The minimum Gasteiger partial charge on any atom is -0.370 e. The molecule has 0 aromatic heterocycles. The summed E-state index contributed by atoms with van der Waals surface area (Å²) in [5, 5.41) is 4.09. The lowest BCUT2D eigenvalue weighted by Gasteiger charge is -2.27. The second kappa shape index (κ2) is 5.74. The third-order valence-electron chi connectivity index (χ3n) is 3.31. The summed E-state index contributed by atoms with van der Waals surface area (Å²) in [4.78, 5) is 2.42. The van der Waals surface area contributed by atoms with Crippen LogP contribution in [-0.2, 0) is 6.54 Å². The molecule has 1 fully saturated rings. The Bertz CT molecular complexity index is 374. The van der Waals surface area contributed by atoms with Crippen LogP contribution in [0, 0.1) is 5.92 Å². The van der Waals surface area contributed by atoms with Crippen molar-refractivity contribution < 1.29 is 0 Å². The molecule has 1 N–H and O–H groups in total. The van der Waals surface area contributed by atoms with E-state index in [-0.39, 0.29) is 0 Å². The molecule has 1 aliphatic rings. The van der Waals surface area contributed by atoms with Crippen LogP contribution in [0.15, 0.2) is 18.2 Å². The van der Waals surface area contributed by atoms with Gasteiger partial charge in [-0.2, -0.15) is 0 Å². The molecule has 1 aliphatic carbocycles. The van der Waals surface area contributed by atoms with E-state index in [4.69, 9.17) is 11.6 Å². The van der Waals surface area contributed by atoms with Gasteiger partial charge in [0, 0.05) is 19.6 Å². The van der Waals surface area contributed by atoms with E-state index in [9.17, 15) is 0 Å². The van der Waals surface area contributed by atoms with E-state index in [1.54, 1.807) is 0 Å². The lowest BCUT2D eigenvalue weighted by Crippen LogP contribution is -2.27. The van der Waals surface area contributed by atoms with Crippen molar-refractivity contribution in [2.75, 3.05) is 25.0 Å². The Balaban J connectivity index is 2.25. The molecule has 94 valence electrons. The number of halogens is 1. The largest absolute Gasteiger partial charge is 0.370 e. The summed E-state index contributed by atoms with van der Waals surface area (Å²) in [5.74, 6) is 0.883. The molecule has 1 aromatic rings. The van der Waals surface area contributed by atoms with Crippen molar-refractivity contribution in [3.8, 4) is 0 Å². The topological polar surface area (TPSA) is 15.3 Å². The van der Waals surface area contributed by atoms with Crippen molar-refractivity contribution in [3.05, 3.63) is 28.8 Å². The van der Waals surface area contributed by atoms with Crippen LogP contribution in [0.2, 0.25) is 5.02 Å². The third-order valence-corrected chi connectivity index (χ3v) is 3.62. The van der Waals surface area contributed by atoms with Gasteiger partial charge in [-0.05, 0) is 44.4 Å². The van der Waals surface area contributed by atoms with E-state index >= 15 is 0 Å². The molecule has 0 radical (unpaired) electrons. The van der Waals surface area contributed by atoms with E-state index < -0.39 is 0 Å². The van der Waals surface area contributed by atoms with Crippen molar-refractivity contribution in [3.63, 3.8) is 0 Å². The molecular formula is C14H21ClN2. The molecule has 0 aliphatic heterocycles. The van der Waals surface area contributed by atoms with E-state index in [0.29, 0.717) is 0 Å². The standard InChI is InChI=1S/C14H21ClN2/c1-3-17(10-11-7-8-11)14-12(9-16-2)5-4-6-13(14)15/h4-6,11,16H,3,7-10H2,1-2H3. The Kier molecular flexibility index (Phi) is 4.30. The number of nitrogens with one attached hydrogen (secondary N) is 1. The molecule has 3 heteroatoms. The quantitative estimate of drug-likeness (QED) is 0.836. The SMILES string of the molecule is CCN(CC1CC1)c1c(Cl)cccc1CNC. The van der Waals surface area contributed by atoms with Crippen LogP contribution in [0.4, 0.5) is 5.69 Å². The zero-order valence-corrected chi connectivity index (χ0v) is 11.4. The minimum atomic E-state index is 0.872. The Morgan fingerprint density at radius 1 is 1.41 bits per heavy atom. The monoisotopic (exact) mass is 252 g/mol. The summed E-state index contributed by atoms with van der Waals surface area (Å²) in [6.45, 7) is 5.25. The molecule has 0 bridgehead atoms. The van der Waals surface area contributed by atoms with Crippen LogP contribution in [-0.4, -0.2) is 20.1 Å². The number of nitrogens with zero attached hydrogens (tertiary/aromatic N) is 1. The fraction of sp³-hybridized carbons (Fsp3) is 0.571. The molecule has 0 spiro atoms. The van der Waals surface area contributed by atoms with Gasteiger partial charge in [-0.3, -0.25) is 0 Å². The molecule has 0 atom stereocenters. The maximum Gasteiger partial charge on any atom is 0.0642 e. The summed E-state index contributed by atoms with van der Waals surface area (Å²) < 4.78 is 0. The van der Waals surface area contributed by atoms with E-state index in [0.717, 1.165) is 30.6 Å². The van der Waals surface area contributed by atoms with Crippen molar-refractivity contribution in [2.45, 2.75) is 26.3 Å². The normalized spacial score (nSPS) is 15.0. The van der Waals surface area contributed by atoms with Gasteiger partial charge in [-0.25, -0.2) is 0 Å². The smallest absolute Gasteiger partial charge is 0.0642 e. The van der Waals surface area contributed by atoms with Gasteiger partial charge in [0.15, 0.2) is 0 Å². The molecule has 0 unspecified atom stereocenters. The second-order valence-electron chi connectivity index (χ2n) is 4.76. The molecule has 0 heterocycles. The van der Waals surface area contributed by atoms with Gasteiger partial charge < -0.3 is 10.2 Å². The lowest BCUT2D eigenvalue weighted by atomic mass is 10.1. The van der Waals surface area contributed by atoms with Crippen molar-refractivity contribution in [2.24, 2.45) is 5.92 Å². The van der Waals surface area contributed by atoms with E-state index in [1.807, 2.05) is 19.2 Å². The Labute approximate surface area is 109 Å². The zero-order chi connectivity index (χ0) is 12.3. The van der Waals surface area contributed by atoms with Crippen LogP contribution in [0.25, 0.3) is 0 Å². The van der Waals surface area contributed by atoms with Crippen LogP contribution < -0.4 is 10.2 Å². The number of benzene rings is 1. The van der Waals surface area contributed by atoms with Gasteiger partial charge in [0.2, 0.25) is 0 Å². The van der Waals surface area contributed by atoms with Crippen molar-refractivity contribution in [1.82, 2.24) is 5.32 Å². The number of rotatable bonds is 6. The molecule has 2 rings (SSSR count). The molecular weight excluding hydrogens is 232 g/mol. The van der Waals surface area contributed by atoms with Gasteiger partial charge >= 0.3 is 0 Å². The summed E-state index contributed by atoms with van der Waals surface area (Å²) >= 11 is 6.37. The molecule has 17 heavy (non-hydrogen) atoms. The molecule has 0 amide bonds. The molecule has 2 nitrogen and oxygen atoms in total. The minimum absolute atomic E-state index is 0.872. The lowest BCUT2D eigenvalue weighted by molar-refractivity contribution is 0.730. The molecule has 1 saturated carbocycles. The van der Waals surface area contributed by atoms with Crippen molar-refractivity contribution in [1.29, 1.82) is 0 Å². The van der Waals surface area contributed by atoms with Gasteiger partial charge in [0.25, 0.3) is 0 Å². The van der Waals surface area contributed by atoms with Gasteiger partial charge in [-0.15, -0.1) is 0 Å². The third kappa shape index (κ3) is 3.14. The fourth-order valence-electron chi connectivity index (χ4n) is 2.24.